The fourth-order valence-electron chi connectivity index (χ4n) is 7.38. The number of anilines is 3. The third kappa shape index (κ3) is 4.18. The van der Waals surface area contributed by atoms with Crippen LogP contribution in [0.1, 0.15) is 0 Å². The van der Waals surface area contributed by atoms with Gasteiger partial charge in [-0.1, -0.05) is 115 Å². The summed E-state index contributed by atoms with van der Waals surface area (Å²) in [5.74, 6) is 0.794. The molecule has 10 rings (SSSR count). The van der Waals surface area contributed by atoms with Crippen molar-refractivity contribution in [2.24, 2.45) is 0 Å². The van der Waals surface area contributed by atoms with E-state index in [1.807, 2.05) is 24.3 Å². The highest BCUT2D eigenvalue weighted by molar-refractivity contribution is 6.16. The van der Waals surface area contributed by atoms with Gasteiger partial charge in [0.25, 0.3) is 0 Å². The molecule has 1 aliphatic rings. The molecule has 0 atom stereocenters. The number of benzene rings is 7. The summed E-state index contributed by atoms with van der Waals surface area (Å²) in [5, 5.41) is 4.69. The van der Waals surface area contributed by atoms with Gasteiger partial charge in [-0.25, -0.2) is 0 Å². The van der Waals surface area contributed by atoms with Gasteiger partial charge in [-0.05, 0) is 110 Å². The zero-order valence-electron chi connectivity index (χ0n) is 26.0. The van der Waals surface area contributed by atoms with E-state index in [4.69, 9.17) is 9.40 Å². The number of hydrogen-bond acceptors (Lipinski definition) is 3. The lowest BCUT2D eigenvalue weighted by molar-refractivity contribution is 0.654. The number of furan rings is 1. The average molecular weight is 613 g/mol. The van der Waals surface area contributed by atoms with Gasteiger partial charge >= 0.3 is 0 Å². The molecule has 0 N–H and O–H groups in total. The monoisotopic (exact) mass is 612 g/mol. The summed E-state index contributed by atoms with van der Waals surface area (Å²) in [6.07, 6.45) is 0. The van der Waals surface area contributed by atoms with Gasteiger partial charge < -0.3 is 4.42 Å². The second kappa shape index (κ2) is 10.5. The van der Waals surface area contributed by atoms with Crippen molar-refractivity contribution in [1.82, 2.24) is 4.98 Å². The second-order valence-corrected chi connectivity index (χ2v) is 12.4. The first-order valence-corrected chi connectivity index (χ1v) is 16.3. The van der Waals surface area contributed by atoms with Crippen molar-refractivity contribution in [2.75, 3.05) is 4.90 Å². The van der Waals surface area contributed by atoms with Crippen LogP contribution in [0.4, 0.5) is 17.2 Å². The van der Waals surface area contributed by atoms with Crippen LogP contribution in [0.3, 0.4) is 0 Å². The zero-order valence-corrected chi connectivity index (χ0v) is 26.0. The van der Waals surface area contributed by atoms with Gasteiger partial charge in [-0.2, -0.15) is 4.98 Å². The maximum absolute atomic E-state index is 6.23. The smallest absolute Gasteiger partial charge is 0.229 e. The molecule has 3 heteroatoms. The number of pyridine rings is 1. The molecule has 0 spiro atoms. The first-order valence-electron chi connectivity index (χ1n) is 16.3. The summed E-state index contributed by atoms with van der Waals surface area (Å²) < 4.78 is 6.23. The Kier molecular flexibility index (Phi) is 5.87. The summed E-state index contributed by atoms with van der Waals surface area (Å²) in [4.78, 5) is 7.31. The molecule has 0 aliphatic heterocycles. The van der Waals surface area contributed by atoms with Crippen molar-refractivity contribution >= 4 is 50.0 Å². The fraction of sp³-hybridized carbons (Fsp3) is 0. The molecule has 0 unspecified atom stereocenters. The predicted molar refractivity (Wildman–Crippen MR) is 199 cm³/mol. The first-order chi connectivity index (χ1) is 23.8. The van der Waals surface area contributed by atoms with Crippen LogP contribution in [0.25, 0.3) is 77.3 Å². The van der Waals surface area contributed by atoms with Gasteiger partial charge in [0.15, 0.2) is 0 Å². The largest absolute Gasteiger partial charge is 0.438 e. The molecule has 0 fully saturated rings. The number of aromatic nitrogens is 1. The van der Waals surface area contributed by atoms with Gasteiger partial charge in [0.1, 0.15) is 11.4 Å². The summed E-state index contributed by atoms with van der Waals surface area (Å²) in [6, 6.07) is 60.4. The molecule has 0 bridgehead atoms. The quantitative estimate of drug-likeness (QED) is 0.194. The molecule has 2 heterocycles. The maximum atomic E-state index is 6.23. The topological polar surface area (TPSA) is 29.3 Å². The molecule has 0 saturated heterocycles. The average Bonchev–Trinajstić information content (AvgIpc) is 3.69. The minimum absolute atomic E-state index is 0.628. The number of nitrogens with zero attached hydrogens (tertiary/aromatic N) is 2. The first kappa shape index (κ1) is 26.7. The normalized spacial score (nSPS) is 11.8. The van der Waals surface area contributed by atoms with Gasteiger partial charge in [0.05, 0.1) is 0 Å². The summed E-state index contributed by atoms with van der Waals surface area (Å²) in [6.45, 7) is 0. The lowest BCUT2D eigenvalue weighted by Gasteiger charge is -2.25. The van der Waals surface area contributed by atoms with Crippen LogP contribution in [0.15, 0.2) is 174 Å². The van der Waals surface area contributed by atoms with Gasteiger partial charge in [0.2, 0.25) is 5.71 Å². The zero-order chi connectivity index (χ0) is 31.6. The highest BCUT2D eigenvalue weighted by atomic mass is 16.3. The fourth-order valence-corrected chi connectivity index (χ4v) is 7.38. The highest BCUT2D eigenvalue weighted by Crippen LogP contribution is 2.48. The van der Waals surface area contributed by atoms with E-state index in [1.54, 1.807) is 0 Å². The summed E-state index contributed by atoms with van der Waals surface area (Å²) >= 11 is 0. The molecule has 0 amide bonds. The molecule has 9 aromatic rings. The number of rotatable bonds is 5. The lowest BCUT2D eigenvalue weighted by Crippen LogP contribution is -2.11. The molecule has 2 aromatic heterocycles. The van der Waals surface area contributed by atoms with E-state index in [1.165, 1.54) is 49.7 Å². The van der Waals surface area contributed by atoms with Crippen molar-refractivity contribution < 1.29 is 4.42 Å². The Morgan fingerprint density at radius 2 is 1.12 bits per heavy atom. The molecule has 224 valence electrons. The molecule has 0 radical (unpaired) electrons. The van der Waals surface area contributed by atoms with Crippen LogP contribution in [0.5, 0.6) is 0 Å². The minimum Gasteiger partial charge on any atom is -0.438 e. The van der Waals surface area contributed by atoms with Gasteiger partial charge in [0, 0.05) is 22.1 Å². The van der Waals surface area contributed by atoms with Gasteiger partial charge in [-0.15, -0.1) is 0 Å². The van der Waals surface area contributed by atoms with Crippen molar-refractivity contribution in [3.8, 4) is 44.5 Å². The Morgan fingerprint density at radius 3 is 2.00 bits per heavy atom. The van der Waals surface area contributed by atoms with Crippen LogP contribution in [0.2, 0.25) is 0 Å². The van der Waals surface area contributed by atoms with Crippen molar-refractivity contribution in [1.29, 1.82) is 0 Å². The Hall–Kier alpha value is -6.45. The van der Waals surface area contributed by atoms with Crippen LogP contribution < -0.4 is 4.90 Å². The van der Waals surface area contributed by atoms with E-state index in [0.29, 0.717) is 5.71 Å². The predicted octanol–water partition coefficient (Wildman–Crippen LogP) is 12.6. The molecular formula is C45H28N2O. The van der Waals surface area contributed by atoms with E-state index < -0.39 is 0 Å². The second-order valence-electron chi connectivity index (χ2n) is 12.4. The number of fused-ring (bicyclic) bond motifs is 6. The Morgan fingerprint density at radius 1 is 0.417 bits per heavy atom. The summed E-state index contributed by atoms with van der Waals surface area (Å²) in [7, 11) is 0. The molecule has 3 nitrogen and oxygen atoms in total. The van der Waals surface area contributed by atoms with E-state index in [0.717, 1.165) is 39.1 Å². The SMILES string of the molecule is c1ccc(-c2cccc(N(c3ccc(-c4cc5c6c(cccc6c4)-c4ccccc4-5)cc3)c3ccc4c(n3)oc3ccccc34)c2)cc1. The van der Waals surface area contributed by atoms with E-state index in [9.17, 15) is 0 Å². The molecule has 1 aliphatic carbocycles. The van der Waals surface area contributed by atoms with Gasteiger partial charge in [-0.3, -0.25) is 4.90 Å². The summed E-state index contributed by atoms with van der Waals surface area (Å²) in [5.41, 5.74) is 13.4. The molecule has 0 saturated carbocycles. The Bertz CT molecular complexity index is 2670. The van der Waals surface area contributed by atoms with E-state index >= 15 is 0 Å². The lowest BCUT2D eigenvalue weighted by atomic mass is 9.96. The Balaban J connectivity index is 1.10. The standard InChI is InChI=1S/C45H28N2O/c1-2-10-29(11-3-1)31-12-8-14-35(27-31)47(43-25-24-40-38-17-6-7-19-42(38)48-45(40)46-43)34-22-20-30(21-23-34)33-26-32-13-9-18-39-36-15-4-5-16-37(36)41(28-33)44(32)39/h1-28H. The van der Waals surface area contributed by atoms with Crippen LogP contribution in [-0.2, 0) is 0 Å². The van der Waals surface area contributed by atoms with E-state index in [-0.39, 0.29) is 0 Å². The van der Waals surface area contributed by atoms with E-state index in [2.05, 4.69) is 150 Å². The highest BCUT2D eigenvalue weighted by Gasteiger charge is 2.22. The van der Waals surface area contributed by atoms with Crippen LogP contribution >= 0.6 is 0 Å². The Labute approximate surface area is 278 Å². The third-order valence-electron chi connectivity index (χ3n) is 9.61. The van der Waals surface area contributed by atoms with Crippen LogP contribution in [0, 0.1) is 0 Å². The molecule has 48 heavy (non-hydrogen) atoms. The number of hydrogen-bond donors (Lipinski definition) is 0. The van der Waals surface area contributed by atoms with Crippen LogP contribution in [-0.4, -0.2) is 4.98 Å². The van der Waals surface area contributed by atoms with Crippen molar-refractivity contribution in [3.05, 3.63) is 170 Å². The third-order valence-corrected chi connectivity index (χ3v) is 9.61. The maximum Gasteiger partial charge on any atom is 0.229 e. The minimum atomic E-state index is 0.628. The van der Waals surface area contributed by atoms with Crippen molar-refractivity contribution in [2.45, 2.75) is 0 Å². The number of para-hydroxylation sites is 1. The molecular weight excluding hydrogens is 585 g/mol. The molecule has 7 aromatic carbocycles. The van der Waals surface area contributed by atoms with Crippen molar-refractivity contribution in [3.63, 3.8) is 0 Å².